The topological polar surface area (TPSA) is 58.7 Å². The highest BCUT2D eigenvalue weighted by Crippen LogP contribution is 2.28. The van der Waals surface area contributed by atoms with Gasteiger partial charge in [-0.25, -0.2) is 4.98 Å². The van der Waals surface area contributed by atoms with Crippen molar-refractivity contribution in [1.82, 2.24) is 9.55 Å². The highest BCUT2D eigenvalue weighted by molar-refractivity contribution is 6.00. The minimum absolute atomic E-state index is 0.179. The average Bonchev–Trinajstić information content (AvgIpc) is 3.03. The molecule has 136 valence electrons. The maximum absolute atomic E-state index is 12.8. The van der Waals surface area contributed by atoms with Gasteiger partial charge in [0.25, 0.3) is 0 Å². The lowest BCUT2D eigenvalue weighted by Crippen LogP contribution is -2.17. The molecule has 4 rings (SSSR count). The van der Waals surface area contributed by atoms with E-state index in [4.69, 9.17) is 10.2 Å². The Kier molecular flexibility index (Phi) is 4.77. The molecule has 1 aliphatic rings. The molecule has 4 heteroatoms. The fourth-order valence-corrected chi connectivity index (χ4v) is 4.04. The van der Waals surface area contributed by atoms with Gasteiger partial charge < -0.3 is 4.57 Å². The van der Waals surface area contributed by atoms with Crippen LogP contribution in [0.25, 0.3) is 11.0 Å². The average molecular weight is 357 g/mol. The van der Waals surface area contributed by atoms with E-state index in [0.29, 0.717) is 12.0 Å². The number of imidazole rings is 1. The van der Waals surface area contributed by atoms with Gasteiger partial charge in [-0.3, -0.25) is 4.79 Å². The minimum Gasteiger partial charge on any atom is -0.331 e. The van der Waals surface area contributed by atoms with Gasteiger partial charge in [0.15, 0.2) is 5.78 Å². The summed E-state index contributed by atoms with van der Waals surface area (Å²) in [5.41, 5.74) is 4.49. The Morgan fingerprint density at radius 2 is 1.89 bits per heavy atom. The second-order valence-corrected chi connectivity index (χ2v) is 7.48. The maximum Gasteiger partial charge on any atom is 0.166 e. The first-order chi connectivity index (χ1) is 13.2. The number of nitrogens with zero attached hydrogens (tertiary/aromatic N) is 3. The fourth-order valence-electron chi connectivity index (χ4n) is 4.04. The molecule has 0 bridgehead atoms. The van der Waals surface area contributed by atoms with Crippen molar-refractivity contribution < 1.29 is 4.79 Å². The van der Waals surface area contributed by atoms with Crippen LogP contribution in [0.4, 0.5) is 0 Å². The summed E-state index contributed by atoms with van der Waals surface area (Å²) in [6, 6.07) is 15.7. The van der Waals surface area contributed by atoms with Crippen molar-refractivity contribution in [3.05, 3.63) is 65.0 Å². The number of hydrogen-bond donors (Lipinski definition) is 0. The van der Waals surface area contributed by atoms with Crippen molar-refractivity contribution in [2.75, 3.05) is 0 Å². The van der Waals surface area contributed by atoms with Gasteiger partial charge in [0.05, 0.1) is 22.7 Å². The summed E-state index contributed by atoms with van der Waals surface area (Å²) in [6.07, 6.45) is 6.31. The first-order valence-electron chi connectivity index (χ1n) is 9.64. The molecule has 0 atom stereocenters. The minimum atomic E-state index is 0.179. The molecule has 0 spiro atoms. The Hall–Kier alpha value is -2.93. The summed E-state index contributed by atoms with van der Waals surface area (Å²) in [6.45, 7) is 0. The van der Waals surface area contributed by atoms with Crippen molar-refractivity contribution in [2.24, 2.45) is 13.0 Å². The quantitative estimate of drug-likeness (QED) is 0.630. The molecule has 3 aromatic rings. The maximum atomic E-state index is 12.8. The van der Waals surface area contributed by atoms with Crippen LogP contribution in [0.2, 0.25) is 0 Å². The molecule has 1 saturated carbocycles. The van der Waals surface area contributed by atoms with Gasteiger partial charge in [-0.1, -0.05) is 31.4 Å². The van der Waals surface area contributed by atoms with Gasteiger partial charge >= 0.3 is 0 Å². The molecule has 1 aliphatic carbocycles. The molecular formula is C23H23N3O. The lowest BCUT2D eigenvalue weighted by molar-refractivity contribution is 0.0889. The predicted octanol–water partition coefficient (Wildman–Crippen LogP) is 4.80. The van der Waals surface area contributed by atoms with Crippen LogP contribution in [-0.2, 0) is 13.5 Å². The number of benzene rings is 2. The Morgan fingerprint density at radius 3 is 2.59 bits per heavy atom. The van der Waals surface area contributed by atoms with E-state index < -0.39 is 0 Å². The van der Waals surface area contributed by atoms with E-state index in [0.717, 1.165) is 53.7 Å². The standard InChI is InChI=1S/C23H23N3O/c1-26-21-12-11-19(23(27)18-5-3-2-4-6-18)14-20(21)25-22(26)13-16-7-9-17(15-24)10-8-16/h7-12,14,18H,2-6,13H2,1H3. The second-order valence-electron chi connectivity index (χ2n) is 7.48. The van der Waals surface area contributed by atoms with Gasteiger partial charge in [-0.15, -0.1) is 0 Å². The third kappa shape index (κ3) is 3.50. The third-order valence-corrected chi connectivity index (χ3v) is 5.68. The normalized spacial score (nSPS) is 15.0. The number of rotatable bonds is 4. The first-order valence-corrected chi connectivity index (χ1v) is 9.64. The summed E-state index contributed by atoms with van der Waals surface area (Å²) in [7, 11) is 2.01. The lowest BCUT2D eigenvalue weighted by Gasteiger charge is -2.20. The molecule has 2 aromatic carbocycles. The lowest BCUT2D eigenvalue weighted by atomic mass is 9.84. The molecule has 0 saturated heterocycles. The Labute approximate surface area is 159 Å². The van der Waals surface area contributed by atoms with Crippen LogP contribution in [0.15, 0.2) is 42.5 Å². The highest BCUT2D eigenvalue weighted by atomic mass is 16.1. The first kappa shape index (κ1) is 17.5. The van der Waals surface area contributed by atoms with Crippen molar-refractivity contribution in [1.29, 1.82) is 5.26 Å². The highest BCUT2D eigenvalue weighted by Gasteiger charge is 2.23. The molecule has 1 aromatic heterocycles. The zero-order valence-electron chi connectivity index (χ0n) is 15.6. The summed E-state index contributed by atoms with van der Waals surface area (Å²) >= 11 is 0. The summed E-state index contributed by atoms with van der Waals surface area (Å²) in [4.78, 5) is 17.6. The van der Waals surface area contributed by atoms with Gasteiger partial charge in [0, 0.05) is 24.9 Å². The zero-order chi connectivity index (χ0) is 18.8. The van der Waals surface area contributed by atoms with Crippen LogP contribution in [0, 0.1) is 17.2 Å². The summed E-state index contributed by atoms with van der Waals surface area (Å²) in [5, 5.41) is 8.93. The molecule has 1 fully saturated rings. The number of nitriles is 1. The molecule has 0 aliphatic heterocycles. The molecule has 0 amide bonds. The van der Waals surface area contributed by atoms with Gasteiger partial charge in [0.2, 0.25) is 0 Å². The number of carbonyl (C=O) groups excluding carboxylic acids is 1. The van der Waals surface area contributed by atoms with E-state index in [2.05, 4.69) is 10.6 Å². The van der Waals surface area contributed by atoms with Crippen molar-refractivity contribution in [2.45, 2.75) is 38.5 Å². The van der Waals surface area contributed by atoms with E-state index in [-0.39, 0.29) is 11.7 Å². The Bertz CT molecular complexity index is 1020. The molecule has 27 heavy (non-hydrogen) atoms. The molecule has 0 unspecified atom stereocenters. The SMILES string of the molecule is Cn1c(Cc2ccc(C#N)cc2)nc2cc(C(=O)C3CCCCC3)ccc21. The van der Waals surface area contributed by atoms with Crippen LogP contribution in [0.5, 0.6) is 0 Å². The Balaban J connectivity index is 1.60. The molecular weight excluding hydrogens is 334 g/mol. The van der Waals surface area contributed by atoms with Crippen LogP contribution in [0.3, 0.4) is 0 Å². The number of fused-ring (bicyclic) bond motifs is 1. The van der Waals surface area contributed by atoms with Crippen molar-refractivity contribution in [3.8, 4) is 6.07 Å². The largest absolute Gasteiger partial charge is 0.331 e. The smallest absolute Gasteiger partial charge is 0.166 e. The van der Waals surface area contributed by atoms with Gasteiger partial charge in [-0.05, 0) is 48.7 Å². The number of carbonyl (C=O) groups is 1. The molecule has 1 heterocycles. The number of Topliss-reactive ketones (excluding diaryl/α,β-unsaturated/α-hetero) is 1. The number of aromatic nitrogens is 2. The van der Waals surface area contributed by atoms with E-state index in [1.165, 1.54) is 6.42 Å². The molecule has 0 N–H and O–H groups in total. The van der Waals surface area contributed by atoms with Gasteiger partial charge in [-0.2, -0.15) is 5.26 Å². The van der Waals surface area contributed by atoms with E-state index >= 15 is 0 Å². The van der Waals surface area contributed by atoms with E-state index in [1.807, 2.05) is 49.5 Å². The predicted molar refractivity (Wildman–Crippen MR) is 106 cm³/mol. The summed E-state index contributed by atoms with van der Waals surface area (Å²) in [5.74, 6) is 1.41. The third-order valence-electron chi connectivity index (χ3n) is 5.68. The molecule has 4 nitrogen and oxygen atoms in total. The van der Waals surface area contributed by atoms with Crippen molar-refractivity contribution >= 4 is 16.8 Å². The van der Waals surface area contributed by atoms with Crippen LogP contribution in [-0.4, -0.2) is 15.3 Å². The number of ketones is 1. The Morgan fingerprint density at radius 1 is 1.15 bits per heavy atom. The van der Waals surface area contributed by atoms with Gasteiger partial charge in [0.1, 0.15) is 5.82 Å². The monoisotopic (exact) mass is 357 g/mol. The summed E-state index contributed by atoms with van der Waals surface area (Å²) < 4.78 is 2.09. The van der Waals surface area contributed by atoms with Crippen LogP contribution < -0.4 is 0 Å². The zero-order valence-corrected chi connectivity index (χ0v) is 15.6. The van der Waals surface area contributed by atoms with E-state index in [9.17, 15) is 4.79 Å². The van der Waals surface area contributed by atoms with Crippen LogP contribution in [0.1, 0.15) is 59.4 Å². The van der Waals surface area contributed by atoms with Crippen molar-refractivity contribution in [3.63, 3.8) is 0 Å². The van der Waals surface area contributed by atoms with E-state index in [1.54, 1.807) is 0 Å². The number of aryl methyl sites for hydroxylation is 1. The second kappa shape index (κ2) is 7.36. The molecule has 0 radical (unpaired) electrons. The number of hydrogen-bond acceptors (Lipinski definition) is 3. The fraction of sp³-hybridized carbons (Fsp3) is 0.348. The van der Waals surface area contributed by atoms with Crippen LogP contribution >= 0.6 is 0 Å².